The van der Waals surface area contributed by atoms with E-state index in [-0.39, 0.29) is 18.4 Å². The smallest absolute Gasteiger partial charge is 0.224 e. The van der Waals surface area contributed by atoms with Gasteiger partial charge in [0.2, 0.25) is 5.91 Å². The molecule has 5 heteroatoms. The van der Waals surface area contributed by atoms with E-state index in [1.54, 1.807) is 0 Å². The predicted octanol–water partition coefficient (Wildman–Crippen LogP) is 1.62. The molecule has 3 nitrogen and oxygen atoms in total. The van der Waals surface area contributed by atoms with Crippen molar-refractivity contribution in [1.82, 2.24) is 10.6 Å². The Morgan fingerprint density at radius 3 is 2.89 bits per heavy atom. The number of benzene rings is 1. The van der Waals surface area contributed by atoms with Gasteiger partial charge in [-0.05, 0) is 36.6 Å². The van der Waals surface area contributed by atoms with Gasteiger partial charge in [0.1, 0.15) is 0 Å². The summed E-state index contributed by atoms with van der Waals surface area (Å²) in [5.74, 6) is -1.55. The van der Waals surface area contributed by atoms with Gasteiger partial charge in [0.25, 0.3) is 0 Å². The molecule has 1 aromatic rings. The zero-order chi connectivity index (χ0) is 13.8. The maximum absolute atomic E-state index is 13.0. The van der Waals surface area contributed by atoms with Gasteiger partial charge in [0.15, 0.2) is 11.6 Å². The molecule has 0 bridgehead atoms. The molecule has 1 heterocycles. The maximum Gasteiger partial charge on any atom is 0.224 e. The van der Waals surface area contributed by atoms with E-state index in [0.29, 0.717) is 11.5 Å². The van der Waals surface area contributed by atoms with Crippen molar-refractivity contribution in [3.05, 3.63) is 35.4 Å². The van der Waals surface area contributed by atoms with Gasteiger partial charge >= 0.3 is 0 Å². The SMILES string of the molecule is CC1CCNCC1NC(=O)Cc1ccc(F)c(F)c1. The second-order valence-electron chi connectivity index (χ2n) is 5.07. The van der Waals surface area contributed by atoms with Gasteiger partial charge in [0.05, 0.1) is 6.42 Å². The summed E-state index contributed by atoms with van der Waals surface area (Å²) >= 11 is 0. The minimum Gasteiger partial charge on any atom is -0.352 e. The van der Waals surface area contributed by atoms with Crippen molar-refractivity contribution >= 4 is 5.91 Å². The number of hydrogen-bond acceptors (Lipinski definition) is 2. The third-order valence-electron chi connectivity index (χ3n) is 3.52. The number of piperidine rings is 1. The van der Waals surface area contributed by atoms with Crippen molar-refractivity contribution in [3.8, 4) is 0 Å². The van der Waals surface area contributed by atoms with Gasteiger partial charge in [0, 0.05) is 12.6 Å². The minimum atomic E-state index is -0.919. The Labute approximate surface area is 111 Å². The van der Waals surface area contributed by atoms with Crippen LogP contribution in [-0.4, -0.2) is 25.0 Å². The second-order valence-corrected chi connectivity index (χ2v) is 5.07. The number of carbonyl (C=O) groups excluding carboxylic acids is 1. The first-order chi connectivity index (χ1) is 9.06. The van der Waals surface area contributed by atoms with Gasteiger partial charge < -0.3 is 10.6 Å². The van der Waals surface area contributed by atoms with E-state index in [9.17, 15) is 13.6 Å². The van der Waals surface area contributed by atoms with Crippen LogP contribution in [0.5, 0.6) is 0 Å². The van der Waals surface area contributed by atoms with E-state index in [1.807, 2.05) is 0 Å². The average Bonchev–Trinajstić information content (AvgIpc) is 2.37. The summed E-state index contributed by atoms with van der Waals surface area (Å²) in [5, 5.41) is 6.16. The summed E-state index contributed by atoms with van der Waals surface area (Å²) < 4.78 is 25.8. The van der Waals surface area contributed by atoms with E-state index >= 15 is 0 Å². The van der Waals surface area contributed by atoms with Crippen molar-refractivity contribution in [2.24, 2.45) is 5.92 Å². The molecular formula is C14H18F2N2O. The molecule has 1 aliphatic heterocycles. The largest absolute Gasteiger partial charge is 0.352 e. The highest BCUT2D eigenvalue weighted by atomic mass is 19.2. The molecule has 104 valence electrons. The standard InChI is InChI=1S/C14H18F2N2O/c1-9-4-5-17-8-13(9)18-14(19)7-10-2-3-11(15)12(16)6-10/h2-3,6,9,13,17H,4-5,7-8H2,1H3,(H,18,19). The third kappa shape index (κ3) is 3.73. The van der Waals surface area contributed by atoms with Crippen LogP contribution in [0.4, 0.5) is 8.78 Å². The fourth-order valence-electron chi connectivity index (χ4n) is 2.28. The zero-order valence-electron chi connectivity index (χ0n) is 10.9. The number of carbonyl (C=O) groups is 1. The molecule has 2 rings (SSSR count). The number of hydrogen-bond donors (Lipinski definition) is 2. The summed E-state index contributed by atoms with van der Waals surface area (Å²) in [6, 6.07) is 3.65. The minimum absolute atomic E-state index is 0.0699. The first kappa shape index (κ1) is 13.9. The summed E-state index contributed by atoms with van der Waals surface area (Å²) in [4.78, 5) is 11.9. The topological polar surface area (TPSA) is 41.1 Å². The number of nitrogens with one attached hydrogen (secondary N) is 2. The van der Waals surface area contributed by atoms with Gasteiger partial charge in [-0.25, -0.2) is 8.78 Å². The summed E-state index contributed by atoms with van der Waals surface area (Å²) in [6.45, 7) is 3.82. The molecular weight excluding hydrogens is 250 g/mol. The highest BCUT2D eigenvalue weighted by Crippen LogP contribution is 2.12. The van der Waals surface area contributed by atoms with Crippen molar-refractivity contribution < 1.29 is 13.6 Å². The van der Waals surface area contributed by atoms with Crippen LogP contribution >= 0.6 is 0 Å². The fourth-order valence-corrected chi connectivity index (χ4v) is 2.28. The highest BCUT2D eigenvalue weighted by Gasteiger charge is 2.22. The fraction of sp³-hybridized carbons (Fsp3) is 0.500. The number of halogens is 2. The van der Waals surface area contributed by atoms with Crippen LogP contribution in [0.25, 0.3) is 0 Å². The first-order valence-electron chi connectivity index (χ1n) is 6.50. The Balaban J connectivity index is 1.91. The first-order valence-corrected chi connectivity index (χ1v) is 6.50. The van der Waals surface area contributed by atoms with Crippen molar-refractivity contribution in [2.75, 3.05) is 13.1 Å². The monoisotopic (exact) mass is 268 g/mol. The number of rotatable bonds is 3. The molecule has 1 saturated heterocycles. The lowest BCUT2D eigenvalue weighted by Gasteiger charge is -2.30. The van der Waals surface area contributed by atoms with Crippen molar-refractivity contribution in [2.45, 2.75) is 25.8 Å². The average molecular weight is 268 g/mol. The molecule has 2 unspecified atom stereocenters. The molecule has 0 radical (unpaired) electrons. The predicted molar refractivity (Wildman–Crippen MR) is 68.6 cm³/mol. The van der Waals surface area contributed by atoms with Crippen molar-refractivity contribution in [3.63, 3.8) is 0 Å². The van der Waals surface area contributed by atoms with Crippen molar-refractivity contribution in [1.29, 1.82) is 0 Å². The van der Waals surface area contributed by atoms with Gasteiger partial charge in [-0.15, -0.1) is 0 Å². The van der Waals surface area contributed by atoms with E-state index < -0.39 is 11.6 Å². The molecule has 1 amide bonds. The quantitative estimate of drug-likeness (QED) is 0.874. The molecule has 1 fully saturated rings. The van der Waals surface area contributed by atoms with Crippen LogP contribution in [0.2, 0.25) is 0 Å². The van der Waals surface area contributed by atoms with Crippen LogP contribution in [0.3, 0.4) is 0 Å². The zero-order valence-corrected chi connectivity index (χ0v) is 10.9. The van der Waals surface area contributed by atoms with E-state index in [4.69, 9.17) is 0 Å². The summed E-state index contributed by atoms with van der Waals surface area (Å²) in [6.07, 6.45) is 1.09. The highest BCUT2D eigenvalue weighted by molar-refractivity contribution is 5.78. The van der Waals surface area contributed by atoms with Gasteiger partial charge in [-0.2, -0.15) is 0 Å². The molecule has 1 aliphatic rings. The van der Waals surface area contributed by atoms with E-state index in [2.05, 4.69) is 17.6 Å². The Hall–Kier alpha value is -1.49. The van der Waals surface area contributed by atoms with Crippen LogP contribution in [-0.2, 0) is 11.2 Å². The van der Waals surface area contributed by atoms with Crippen LogP contribution in [0.15, 0.2) is 18.2 Å². The van der Waals surface area contributed by atoms with Crippen LogP contribution in [0, 0.1) is 17.6 Å². The molecule has 0 spiro atoms. The molecule has 0 saturated carbocycles. The Morgan fingerprint density at radius 1 is 1.42 bits per heavy atom. The maximum atomic E-state index is 13.0. The second kappa shape index (κ2) is 6.10. The Bertz CT molecular complexity index is 465. The Kier molecular flexibility index (Phi) is 4.47. The lowest BCUT2D eigenvalue weighted by molar-refractivity contribution is -0.121. The normalized spacial score (nSPS) is 23.1. The summed E-state index contributed by atoms with van der Waals surface area (Å²) in [7, 11) is 0. The molecule has 1 aromatic carbocycles. The summed E-state index contributed by atoms with van der Waals surface area (Å²) in [5.41, 5.74) is 0.479. The lowest BCUT2D eigenvalue weighted by Crippen LogP contribution is -2.50. The lowest BCUT2D eigenvalue weighted by atomic mass is 9.94. The third-order valence-corrected chi connectivity index (χ3v) is 3.52. The molecule has 0 aliphatic carbocycles. The molecule has 0 aromatic heterocycles. The van der Waals surface area contributed by atoms with Crippen LogP contribution in [0.1, 0.15) is 18.9 Å². The number of amides is 1. The van der Waals surface area contributed by atoms with Gasteiger partial charge in [-0.1, -0.05) is 13.0 Å². The Morgan fingerprint density at radius 2 is 2.21 bits per heavy atom. The molecule has 19 heavy (non-hydrogen) atoms. The molecule has 2 atom stereocenters. The molecule has 2 N–H and O–H groups in total. The van der Waals surface area contributed by atoms with E-state index in [1.165, 1.54) is 6.07 Å². The van der Waals surface area contributed by atoms with Crippen LogP contribution < -0.4 is 10.6 Å². The van der Waals surface area contributed by atoms with Gasteiger partial charge in [-0.3, -0.25) is 4.79 Å². The van der Waals surface area contributed by atoms with E-state index in [0.717, 1.165) is 31.6 Å².